The Balaban J connectivity index is 0.00000128. The molecule has 0 spiro atoms. The third-order valence-electron chi connectivity index (χ3n) is 2.21. The molecule has 0 aromatic heterocycles. The van der Waals surface area contributed by atoms with E-state index < -0.39 is 0 Å². The number of hydrogen-bond acceptors (Lipinski definition) is 2. The lowest BCUT2D eigenvalue weighted by atomic mass is 10.1. The Hall–Kier alpha value is -0.750. The Bertz CT molecular complexity index is 506. The fourth-order valence-corrected chi connectivity index (χ4v) is 1.66. The number of amidine groups is 1. The van der Waals surface area contributed by atoms with Crippen molar-refractivity contribution >= 4 is 57.4 Å². The van der Waals surface area contributed by atoms with Crippen LogP contribution in [-0.4, -0.2) is 11.4 Å². The highest BCUT2D eigenvalue weighted by Crippen LogP contribution is 2.25. The topological polar surface area (TPSA) is 38.4 Å². The number of rotatable bonds is 1. The molecule has 2 nitrogen and oxygen atoms in total. The highest BCUT2D eigenvalue weighted by Gasteiger charge is 1.98. The van der Waals surface area contributed by atoms with Crippen LogP contribution in [0.3, 0.4) is 0 Å². The Morgan fingerprint density at radius 3 is 2.56 bits per heavy atom. The molecule has 84 valence electrons. The SMILES string of the molecule is CSC(N)=Nc1cccc2ccccc12.I. The van der Waals surface area contributed by atoms with E-state index in [2.05, 4.69) is 23.2 Å². The van der Waals surface area contributed by atoms with E-state index in [0.717, 1.165) is 11.1 Å². The second-order valence-corrected chi connectivity index (χ2v) is 3.98. The minimum absolute atomic E-state index is 0. The monoisotopic (exact) mass is 344 g/mol. The van der Waals surface area contributed by atoms with Crippen LogP contribution >= 0.6 is 35.7 Å². The van der Waals surface area contributed by atoms with E-state index in [9.17, 15) is 0 Å². The Labute approximate surface area is 116 Å². The highest BCUT2D eigenvalue weighted by molar-refractivity contribution is 14.0. The second kappa shape index (κ2) is 6.10. The molecule has 2 N–H and O–H groups in total. The molecule has 2 aromatic rings. The summed E-state index contributed by atoms with van der Waals surface area (Å²) in [4.78, 5) is 4.36. The summed E-state index contributed by atoms with van der Waals surface area (Å²) in [6.07, 6.45) is 1.92. The van der Waals surface area contributed by atoms with Gasteiger partial charge in [-0.25, -0.2) is 4.99 Å². The molecule has 0 amide bonds. The third kappa shape index (κ3) is 2.89. The van der Waals surface area contributed by atoms with Gasteiger partial charge in [0.1, 0.15) is 0 Å². The van der Waals surface area contributed by atoms with E-state index >= 15 is 0 Å². The first-order valence-corrected chi connectivity index (χ1v) is 5.89. The predicted octanol–water partition coefficient (Wildman–Crippen LogP) is 3.77. The van der Waals surface area contributed by atoms with Gasteiger partial charge in [0.15, 0.2) is 5.17 Å². The lowest BCUT2D eigenvalue weighted by Crippen LogP contribution is -2.04. The summed E-state index contributed by atoms with van der Waals surface area (Å²) in [6, 6.07) is 14.2. The molecule has 0 atom stereocenters. The van der Waals surface area contributed by atoms with Crippen molar-refractivity contribution in [2.24, 2.45) is 10.7 Å². The van der Waals surface area contributed by atoms with Crippen molar-refractivity contribution in [3.05, 3.63) is 42.5 Å². The Morgan fingerprint density at radius 2 is 1.81 bits per heavy atom. The maximum Gasteiger partial charge on any atom is 0.158 e. The molecule has 0 aliphatic rings. The van der Waals surface area contributed by atoms with Gasteiger partial charge in [0, 0.05) is 5.39 Å². The van der Waals surface area contributed by atoms with Gasteiger partial charge in [0.25, 0.3) is 0 Å². The number of fused-ring (bicyclic) bond motifs is 1. The standard InChI is InChI=1S/C12H12N2S.HI/c1-15-12(13)14-11-8-4-6-9-5-2-3-7-10(9)11;/h2-8H,1H3,(H2,13,14);1H. The Kier molecular flexibility index (Phi) is 5.08. The van der Waals surface area contributed by atoms with Crippen LogP contribution in [0.4, 0.5) is 5.69 Å². The van der Waals surface area contributed by atoms with Crippen molar-refractivity contribution in [3.63, 3.8) is 0 Å². The zero-order valence-corrected chi connectivity index (χ0v) is 12.0. The lowest BCUT2D eigenvalue weighted by Gasteiger charge is -2.02. The molecule has 0 saturated heterocycles. The van der Waals surface area contributed by atoms with Crippen LogP contribution in [0.2, 0.25) is 0 Å². The van der Waals surface area contributed by atoms with Gasteiger partial charge in [0.2, 0.25) is 0 Å². The number of benzene rings is 2. The van der Waals surface area contributed by atoms with Gasteiger partial charge in [0.05, 0.1) is 5.69 Å². The molecule has 0 heterocycles. The largest absolute Gasteiger partial charge is 0.378 e. The summed E-state index contributed by atoms with van der Waals surface area (Å²) in [5.74, 6) is 0. The summed E-state index contributed by atoms with van der Waals surface area (Å²) >= 11 is 1.46. The fourth-order valence-electron chi connectivity index (χ4n) is 1.47. The maximum absolute atomic E-state index is 5.71. The van der Waals surface area contributed by atoms with Gasteiger partial charge in [-0.3, -0.25) is 0 Å². The van der Waals surface area contributed by atoms with E-state index in [-0.39, 0.29) is 24.0 Å². The molecule has 2 rings (SSSR count). The first kappa shape index (κ1) is 13.3. The molecule has 0 fully saturated rings. The summed E-state index contributed by atoms with van der Waals surface area (Å²) in [5, 5.41) is 2.91. The normalized spacial score (nSPS) is 11.2. The summed E-state index contributed by atoms with van der Waals surface area (Å²) in [6.45, 7) is 0. The number of nitrogens with zero attached hydrogens (tertiary/aromatic N) is 1. The first-order valence-electron chi connectivity index (χ1n) is 4.67. The maximum atomic E-state index is 5.71. The van der Waals surface area contributed by atoms with Crippen LogP contribution in [0.15, 0.2) is 47.5 Å². The highest BCUT2D eigenvalue weighted by atomic mass is 127. The second-order valence-electron chi connectivity index (χ2n) is 3.15. The van der Waals surface area contributed by atoms with Crippen LogP contribution in [0.5, 0.6) is 0 Å². The number of aliphatic imine (C=N–C) groups is 1. The van der Waals surface area contributed by atoms with E-state index in [1.807, 2.05) is 30.5 Å². The quantitative estimate of drug-likeness (QED) is 0.486. The van der Waals surface area contributed by atoms with Crippen molar-refractivity contribution in [3.8, 4) is 0 Å². The summed E-state index contributed by atoms with van der Waals surface area (Å²) in [7, 11) is 0. The molecular weight excluding hydrogens is 331 g/mol. The van der Waals surface area contributed by atoms with Crippen LogP contribution < -0.4 is 5.73 Å². The molecule has 0 aliphatic carbocycles. The zero-order valence-electron chi connectivity index (χ0n) is 8.88. The molecule has 0 saturated carbocycles. The molecule has 0 aliphatic heterocycles. The van der Waals surface area contributed by atoms with Gasteiger partial charge < -0.3 is 5.73 Å². The number of thioether (sulfide) groups is 1. The minimum Gasteiger partial charge on any atom is -0.378 e. The van der Waals surface area contributed by atoms with Gasteiger partial charge in [-0.05, 0) is 17.7 Å². The van der Waals surface area contributed by atoms with Crippen molar-refractivity contribution in [2.45, 2.75) is 0 Å². The average molecular weight is 344 g/mol. The molecule has 0 bridgehead atoms. The fraction of sp³-hybridized carbons (Fsp3) is 0.0833. The van der Waals surface area contributed by atoms with Crippen molar-refractivity contribution in [2.75, 3.05) is 6.26 Å². The predicted molar refractivity (Wildman–Crippen MR) is 84.2 cm³/mol. The van der Waals surface area contributed by atoms with Crippen LogP contribution in [0.1, 0.15) is 0 Å². The van der Waals surface area contributed by atoms with Crippen LogP contribution in [0.25, 0.3) is 10.8 Å². The minimum atomic E-state index is 0. The van der Waals surface area contributed by atoms with Gasteiger partial charge in [-0.2, -0.15) is 0 Å². The van der Waals surface area contributed by atoms with Crippen molar-refractivity contribution < 1.29 is 0 Å². The Morgan fingerprint density at radius 1 is 1.12 bits per heavy atom. The molecule has 4 heteroatoms. The first-order chi connectivity index (χ1) is 7.31. The van der Waals surface area contributed by atoms with Gasteiger partial charge in [-0.15, -0.1) is 24.0 Å². The average Bonchev–Trinajstić information content (AvgIpc) is 2.29. The number of hydrogen-bond donors (Lipinski definition) is 1. The molecule has 0 unspecified atom stereocenters. The lowest BCUT2D eigenvalue weighted by molar-refractivity contribution is 1.54. The van der Waals surface area contributed by atoms with E-state index in [4.69, 9.17) is 5.73 Å². The van der Waals surface area contributed by atoms with Gasteiger partial charge in [-0.1, -0.05) is 48.2 Å². The smallest absolute Gasteiger partial charge is 0.158 e. The summed E-state index contributed by atoms with van der Waals surface area (Å²) in [5.41, 5.74) is 6.64. The van der Waals surface area contributed by atoms with Crippen LogP contribution in [-0.2, 0) is 0 Å². The zero-order chi connectivity index (χ0) is 10.7. The molecule has 16 heavy (non-hydrogen) atoms. The van der Waals surface area contributed by atoms with Crippen LogP contribution in [0, 0.1) is 0 Å². The van der Waals surface area contributed by atoms with E-state index in [1.165, 1.54) is 17.1 Å². The molecule has 2 aromatic carbocycles. The number of nitrogens with two attached hydrogens (primary N) is 1. The van der Waals surface area contributed by atoms with Crippen molar-refractivity contribution in [1.82, 2.24) is 0 Å². The third-order valence-corrected chi connectivity index (χ3v) is 2.72. The number of halogens is 1. The molecule has 0 radical (unpaired) electrons. The molecular formula is C12H13IN2S. The van der Waals surface area contributed by atoms with Gasteiger partial charge >= 0.3 is 0 Å². The summed E-state index contributed by atoms with van der Waals surface area (Å²) < 4.78 is 0. The van der Waals surface area contributed by atoms with E-state index in [0.29, 0.717) is 5.17 Å². The van der Waals surface area contributed by atoms with E-state index in [1.54, 1.807) is 0 Å². The van der Waals surface area contributed by atoms with Crippen molar-refractivity contribution in [1.29, 1.82) is 0 Å².